The highest BCUT2D eigenvalue weighted by Gasteiger charge is 2.06. The van der Waals surface area contributed by atoms with Crippen molar-refractivity contribution in [3.8, 4) is 0 Å². The molecule has 1 aromatic heterocycles. The predicted octanol–water partition coefficient (Wildman–Crippen LogP) is 1.59. The molecule has 2 aromatic rings. The molecule has 0 saturated heterocycles. The van der Waals surface area contributed by atoms with E-state index in [1.54, 1.807) is 12.1 Å². The molecule has 0 aliphatic carbocycles. The molecule has 1 unspecified atom stereocenters. The number of hydrogen-bond donors (Lipinski definition) is 2. The molecular formula is C12H14ClN3O2. The molecule has 1 heterocycles. The van der Waals surface area contributed by atoms with E-state index in [-0.39, 0.29) is 0 Å². The highest BCUT2D eigenvalue weighted by Crippen LogP contribution is 2.15. The summed E-state index contributed by atoms with van der Waals surface area (Å²) in [5.41, 5.74) is 0.839. The Morgan fingerprint density at radius 3 is 2.78 bits per heavy atom. The van der Waals surface area contributed by atoms with Gasteiger partial charge in [-0.15, -0.1) is 0 Å². The SMILES string of the molecule is OC(CNCCc1ncon1)c1ccc(Cl)cc1. The summed E-state index contributed by atoms with van der Waals surface area (Å²) in [6.07, 6.45) is 1.43. The Bertz CT molecular complexity index is 459. The zero-order valence-corrected chi connectivity index (χ0v) is 10.5. The van der Waals surface area contributed by atoms with Crippen molar-refractivity contribution in [1.29, 1.82) is 0 Å². The molecule has 5 nitrogen and oxygen atoms in total. The molecule has 0 spiro atoms. The molecule has 0 amide bonds. The molecule has 1 atom stereocenters. The monoisotopic (exact) mass is 267 g/mol. The number of rotatable bonds is 6. The number of aliphatic hydroxyl groups is 1. The molecule has 1 aromatic carbocycles. The minimum Gasteiger partial charge on any atom is -0.387 e. The van der Waals surface area contributed by atoms with Crippen LogP contribution in [-0.2, 0) is 6.42 Å². The van der Waals surface area contributed by atoms with Crippen molar-refractivity contribution in [2.24, 2.45) is 0 Å². The molecule has 0 aliphatic rings. The van der Waals surface area contributed by atoms with E-state index in [4.69, 9.17) is 11.6 Å². The molecule has 0 aliphatic heterocycles. The van der Waals surface area contributed by atoms with Gasteiger partial charge in [0.05, 0.1) is 6.10 Å². The smallest absolute Gasteiger partial charge is 0.213 e. The van der Waals surface area contributed by atoms with Crippen LogP contribution in [0.2, 0.25) is 5.02 Å². The molecule has 2 N–H and O–H groups in total. The summed E-state index contributed by atoms with van der Waals surface area (Å²) >= 11 is 5.78. The second kappa shape index (κ2) is 6.49. The van der Waals surface area contributed by atoms with Crippen molar-refractivity contribution in [2.45, 2.75) is 12.5 Å². The summed E-state index contributed by atoms with van der Waals surface area (Å²) in [5, 5.41) is 17.4. The maximum atomic E-state index is 9.91. The highest BCUT2D eigenvalue weighted by atomic mass is 35.5. The van der Waals surface area contributed by atoms with E-state index in [2.05, 4.69) is 20.0 Å². The van der Waals surface area contributed by atoms with Crippen LogP contribution in [0.4, 0.5) is 0 Å². The Morgan fingerprint density at radius 2 is 2.11 bits per heavy atom. The first-order chi connectivity index (χ1) is 8.75. The summed E-state index contributed by atoms with van der Waals surface area (Å²) in [4.78, 5) is 3.91. The Kier molecular flexibility index (Phi) is 4.69. The fourth-order valence-corrected chi connectivity index (χ4v) is 1.67. The van der Waals surface area contributed by atoms with E-state index in [1.807, 2.05) is 12.1 Å². The summed E-state index contributed by atoms with van der Waals surface area (Å²) in [5.74, 6) is 0.656. The molecule has 0 radical (unpaired) electrons. The zero-order valence-electron chi connectivity index (χ0n) is 9.71. The molecular weight excluding hydrogens is 254 g/mol. The van der Waals surface area contributed by atoms with Crippen LogP contribution in [-0.4, -0.2) is 28.3 Å². The number of benzene rings is 1. The highest BCUT2D eigenvalue weighted by molar-refractivity contribution is 6.30. The Morgan fingerprint density at radius 1 is 1.33 bits per heavy atom. The number of aromatic nitrogens is 2. The molecule has 96 valence electrons. The first-order valence-corrected chi connectivity index (χ1v) is 6.03. The number of halogens is 1. The summed E-state index contributed by atoms with van der Waals surface area (Å²) in [6, 6.07) is 7.15. The fraction of sp³-hybridized carbons (Fsp3) is 0.333. The predicted molar refractivity (Wildman–Crippen MR) is 67.3 cm³/mol. The van der Waals surface area contributed by atoms with Crippen LogP contribution in [0.15, 0.2) is 35.2 Å². The third-order valence-electron chi connectivity index (χ3n) is 2.52. The zero-order chi connectivity index (χ0) is 12.8. The third kappa shape index (κ3) is 3.80. The van der Waals surface area contributed by atoms with Gasteiger partial charge >= 0.3 is 0 Å². The second-order valence-corrected chi connectivity index (χ2v) is 4.31. The number of hydrogen-bond acceptors (Lipinski definition) is 5. The van der Waals surface area contributed by atoms with Gasteiger partial charge in [0.25, 0.3) is 0 Å². The normalized spacial score (nSPS) is 12.6. The first kappa shape index (κ1) is 13.0. The lowest BCUT2D eigenvalue weighted by molar-refractivity contribution is 0.175. The third-order valence-corrected chi connectivity index (χ3v) is 2.78. The fourth-order valence-electron chi connectivity index (χ4n) is 1.54. The van der Waals surface area contributed by atoms with Crippen LogP contribution < -0.4 is 5.32 Å². The Balaban J connectivity index is 1.71. The summed E-state index contributed by atoms with van der Waals surface area (Å²) in [6.45, 7) is 1.16. The molecule has 18 heavy (non-hydrogen) atoms. The summed E-state index contributed by atoms with van der Waals surface area (Å²) < 4.78 is 4.62. The molecule has 0 saturated carbocycles. The van der Waals surface area contributed by atoms with E-state index in [9.17, 15) is 5.11 Å². The van der Waals surface area contributed by atoms with E-state index >= 15 is 0 Å². The van der Waals surface area contributed by atoms with Crippen molar-refractivity contribution < 1.29 is 9.63 Å². The van der Waals surface area contributed by atoms with E-state index < -0.39 is 6.10 Å². The van der Waals surface area contributed by atoms with Gasteiger partial charge in [-0.25, -0.2) is 0 Å². The standard InChI is InChI=1S/C12H14ClN3O2/c13-10-3-1-9(2-4-10)11(17)7-14-6-5-12-15-8-18-16-12/h1-4,8,11,14,17H,5-7H2. The molecule has 0 bridgehead atoms. The topological polar surface area (TPSA) is 71.2 Å². The summed E-state index contributed by atoms with van der Waals surface area (Å²) in [7, 11) is 0. The second-order valence-electron chi connectivity index (χ2n) is 3.87. The minimum atomic E-state index is -0.549. The van der Waals surface area contributed by atoms with Gasteiger partial charge in [0, 0.05) is 24.5 Å². The van der Waals surface area contributed by atoms with Crippen molar-refractivity contribution in [2.75, 3.05) is 13.1 Å². The van der Waals surface area contributed by atoms with Crippen LogP contribution in [0.5, 0.6) is 0 Å². The Labute approximate surface area is 110 Å². The lowest BCUT2D eigenvalue weighted by Crippen LogP contribution is -2.24. The number of nitrogens with one attached hydrogen (secondary N) is 1. The van der Waals surface area contributed by atoms with Crippen LogP contribution >= 0.6 is 11.6 Å². The Hall–Kier alpha value is -1.43. The first-order valence-electron chi connectivity index (χ1n) is 5.65. The van der Waals surface area contributed by atoms with Gasteiger partial charge in [0.15, 0.2) is 5.82 Å². The number of aliphatic hydroxyl groups excluding tert-OH is 1. The van der Waals surface area contributed by atoms with Gasteiger partial charge in [-0.05, 0) is 17.7 Å². The van der Waals surface area contributed by atoms with Crippen molar-refractivity contribution in [3.05, 3.63) is 47.1 Å². The lowest BCUT2D eigenvalue weighted by atomic mass is 10.1. The van der Waals surface area contributed by atoms with Gasteiger partial charge in [-0.2, -0.15) is 4.98 Å². The van der Waals surface area contributed by atoms with E-state index in [0.29, 0.717) is 30.4 Å². The number of nitrogens with zero attached hydrogens (tertiary/aromatic N) is 2. The quantitative estimate of drug-likeness (QED) is 0.778. The van der Waals surface area contributed by atoms with Crippen LogP contribution in [0, 0.1) is 0 Å². The average molecular weight is 268 g/mol. The van der Waals surface area contributed by atoms with Crippen molar-refractivity contribution in [3.63, 3.8) is 0 Å². The maximum Gasteiger partial charge on any atom is 0.213 e. The van der Waals surface area contributed by atoms with Gasteiger partial charge in [0.1, 0.15) is 0 Å². The van der Waals surface area contributed by atoms with Crippen molar-refractivity contribution >= 4 is 11.6 Å². The van der Waals surface area contributed by atoms with Gasteiger partial charge in [-0.1, -0.05) is 28.9 Å². The van der Waals surface area contributed by atoms with Crippen molar-refractivity contribution in [1.82, 2.24) is 15.5 Å². The van der Waals surface area contributed by atoms with Crippen LogP contribution in [0.1, 0.15) is 17.5 Å². The van der Waals surface area contributed by atoms with E-state index in [1.165, 1.54) is 6.39 Å². The van der Waals surface area contributed by atoms with Gasteiger partial charge in [-0.3, -0.25) is 0 Å². The lowest BCUT2D eigenvalue weighted by Gasteiger charge is -2.11. The largest absolute Gasteiger partial charge is 0.387 e. The van der Waals surface area contributed by atoms with Crippen LogP contribution in [0.3, 0.4) is 0 Å². The van der Waals surface area contributed by atoms with Crippen LogP contribution in [0.25, 0.3) is 0 Å². The van der Waals surface area contributed by atoms with E-state index in [0.717, 1.165) is 5.56 Å². The van der Waals surface area contributed by atoms with Gasteiger partial charge < -0.3 is 14.9 Å². The molecule has 0 fully saturated rings. The van der Waals surface area contributed by atoms with Gasteiger partial charge in [0.2, 0.25) is 6.39 Å². The maximum absolute atomic E-state index is 9.91. The molecule has 6 heteroatoms. The minimum absolute atomic E-state index is 0.472. The molecule has 2 rings (SSSR count). The average Bonchev–Trinajstić information content (AvgIpc) is 2.88.